The lowest BCUT2D eigenvalue weighted by atomic mass is 9.95. The molecule has 1 saturated heterocycles. The van der Waals surface area contributed by atoms with Gasteiger partial charge in [0.25, 0.3) is 0 Å². The molecule has 2 aliphatic rings. The third kappa shape index (κ3) is 4.44. The van der Waals surface area contributed by atoms with Gasteiger partial charge in [-0.05, 0) is 65.3 Å². The summed E-state index contributed by atoms with van der Waals surface area (Å²) in [5, 5.41) is 13.2. The Morgan fingerprint density at radius 2 is 1.95 bits per heavy atom. The topological polar surface area (TPSA) is 35.5 Å². The Labute approximate surface area is 125 Å². The number of aliphatic hydroxyl groups excluding tert-OH is 1. The van der Waals surface area contributed by atoms with Crippen molar-refractivity contribution in [3.8, 4) is 0 Å². The average molecular weight is 282 g/mol. The van der Waals surface area contributed by atoms with Crippen molar-refractivity contribution in [3.05, 3.63) is 0 Å². The highest BCUT2D eigenvalue weighted by Gasteiger charge is 2.32. The molecule has 3 nitrogen and oxygen atoms in total. The minimum Gasteiger partial charge on any atom is -0.394 e. The summed E-state index contributed by atoms with van der Waals surface area (Å²) in [6.07, 6.45) is 10.2. The van der Waals surface area contributed by atoms with Crippen LogP contribution < -0.4 is 5.32 Å². The van der Waals surface area contributed by atoms with Crippen molar-refractivity contribution in [1.29, 1.82) is 0 Å². The molecule has 2 fully saturated rings. The molecule has 0 spiro atoms. The summed E-state index contributed by atoms with van der Waals surface area (Å²) in [6.45, 7) is 8.38. The molecule has 3 atom stereocenters. The highest BCUT2D eigenvalue weighted by atomic mass is 16.3. The van der Waals surface area contributed by atoms with E-state index >= 15 is 0 Å². The Kier molecular flexibility index (Phi) is 5.88. The third-order valence-corrected chi connectivity index (χ3v) is 5.30. The van der Waals surface area contributed by atoms with E-state index in [1.165, 1.54) is 51.5 Å². The largest absolute Gasteiger partial charge is 0.394 e. The van der Waals surface area contributed by atoms with Crippen LogP contribution in [0.4, 0.5) is 0 Å². The van der Waals surface area contributed by atoms with Crippen molar-refractivity contribution >= 4 is 0 Å². The van der Waals surface area contributed by atoms with E-state index in [2.05, 4.69) is 31.0 Å². The Hall–Kier alpha value is -0.120. The summed E-state index contributed by atoms with van der Waals surface area (Å²) < 4.78 is 0. The Morgan fingerprint density at radius 3 is 2.55 bits per heavy atom. The minimum atomic E-state index is -0.0536. The van der Waals surface area contributed by atoms with E-state index in [-0.39, 0.29) is 12.1 Å². The first-order chi connectivity index (χ1) is 9.58. The van der Waals surface area contributed by atoms with Crippen LogP contribution in [0.15, 0.2) is 0 Å². The molecule has 0 radical (unpaired) electrons. The molecular weight excluding hydrogens is 248 g/mol. The van der Waals surface area contributed by atoms with Crippen molar-refractivity contribution < 1.29 is 5.11 Å². The predicted octanol–water partition coefficient (Wildman–Crippen LogP) is 2.92. The van der Waals surface area contributed by atoms with Crippen molar-refractivity contribution in [3.63, 3.8) is 0 Å². The number of nitrogens with zero attached hydrogens (tertiary/aromatic N) is 1. The molecule has 0 amide bonds. The van der Waals surface area contributed by atoms with Crippen molar-refractivity contribution in [2.45, 2.75) is 95.8 Å². The van der Waals surface area contributed by atoms with Crippen LogP contribution in [0.25, 0.3) is 0 Å². The Bertz CT molecular complexity index is 293. The van der Waals surface area contributed by atoms with Gasteiger partial charge >= 0.3 is 0 Å². The molecule has 2 rings (SSSR count). The molecule has 0 aromatic heterocycles. The van der Waals surface area contributed by atoms with Crippen molar-refractivity contribution in [1.82, 2.24) is 10.2 Å². The smallest absolute Gasteiger partial charge is 0.0610 e. The van der Waals surface area contributed by atoms with Gasteiger partial charge < -0.3 is 10.4 Å². The molecule has 3 unspecified atom stereocenters. The number of nitrogens with one attached hydrogen (secondary N) is 1. The number of likely N-dealkylation sites (tertiary alicyclic amines) is 1. The van der Waals surface area contributed by atoms with Gasteiger partial charge in [0.05, 0.1) is 6.61 Å². The summed E-state index contributed by atoms with van der Waals surface area (Å²) in [5.41, 5.74) is -0.0536. The molecule has 0 aromatic rings. The van der Waals surface area contributed by atoms with Crippen molar-refractivity contribution in [2.24, 2.45) is 0 Å². The fourth-order valence-corrected chi connectivity index (χ4v) is 3.69. The first-order valence-electron chi connectivity index (χ1n) is 8.72. The highest BCUT2D eigenvalue weighted by molar-refractivity contribution is 4.92. The lowest BCUT2D eigenvalue weighted by molar-refractivity contribution is 0.154. The van der Waals surface area contributed by atoms with E-state index in [1.54, 1.807) is 0 Å². The summed E-state index contributed by atoms with van der Waals surface area (Å²) in [5.74, 6) is 0. The molecular formula is C17H34N2O. The monoisotopic (exact) mass is 282 g/mol. The van der Waals surface area contributed by atoms with Gasteiger partial charge in [0.1, 0.15) is 0 Å². The summed E-state index contributed by atoms with van der Waals surface area (Å²) in [7, 11) is 0. The zero-order valence-corrected chi connectivity index (χ0v) is 13.7. The number of hydrogen-bond donors (Lipinski definition) is 2. The molecule has 1 aliphatic heterocycles. The van der Waals surface area contributed by atoms with Gasteiger partial charge in [-0.15, -0.1) is 0 Å². The van der Waals surface area contributed by atoms with Crippen molar-refractivity contribution in [2.75, 3.05) is 13.2 Å². The SMILES string of the molecule is CCC1CCC(C)N1CCCCC(C)(CO)NC1CC1. The van der Waals surface area contributed by atoms with Crippen LogP contribution >= 0.6 is 0 Å². The van der Waals surface area contributed by atoms with Crippen LogP contribution in [-0.2, 0) is 0 Å². The van der Waals surface area contributed by atoms with E-state index in [9.17, 15) is 5.11 Å². The van der Waals surface area contributed by atoms with E-state index in [4.69, 9.17) is 0 Å². The van der Waals surface area contributed by atoms with Crippen LogP contribution in [0, 0.1) is 0 Å². The number of aliphatic hydroxyl groups is 1. The van der Waals surface area contributed by atoms with Crippen LogP contribution in [0.3, 0.4) is 0 Å². The molecule has 3 heteroatoms. The predicted molar refractivity (Wildman–Crippen MR) is 85.0 cm³/mol. The normalized spacial score (nSPS) is 30.6. The second-order valence-corrected chi connectivity index (χ2v) is 7.32. The van der Waals surface area contributed by atoms with Crippen LogP contribution in [-0.4, -0.2) is 46.8 Å². The zero-order valence-electron chi connectivity index (χ0n) is 13.7. The second-order valence-electron chi connectivity index (χ2n) is 7.32. The lowest BCUT2D eigenvalue weighted by Gasteiger charge is -2.31. The van der Waals surface area contributed by atoms with Crippen LogP contribution in [0.5, 0.6) is 0 Å². The van der Waals surface area contributed by atoms with Crippen LogP contribution in [0.1, 0.15) is 72.1 Å². The Balaban J connectivity index is 1.66. The van der Waals surface area contributed by atoms with Gasteiger partial charge in [0, 0.05) is 23.7 Å². The zero-order chi connectivity index (χ0) is 14.6. The molecule has 118 valence electrons. The maximum absolute atomic E-state index is 9.62. The van der Waals surface area contributed by atoms with E-state index in [0.717, 1.165) is 18.5 Å². The molecule has 1 saturated carbocycles. The number of unbranched alkanes of at least 4 members (excludes halogenated alkanes) is 1. The fraction of sp³-hybridized carbons (Fsp3) is 1.00. The van der Waals surface area contributed by atoms with Gasteiger partial charge in [0.2, 0.25) is 0 Å². The summed E-state index contributed by atoms with van der Waals surface area (Å²) >= 11 is 0. The van der Waals surface area contributed by atoms with Gasteiger partial charge in [-0.3, -0.25) is 4.90 Å². The van der Waals surface area contributed by atoms with Gasteiger partial charge in [-0.25, -0.2) is 0 Å². The molecule has 2 N–H and O–H groups in total. The standard InChI is InChI=1S/C17H34N2O/c1-4-16-10-7-14(2)19(16)12-6-5-11-17(3,13-20)18-15-8-9-15/h14-16,18,20H,4-13H2,1-3H3. The maximum atomic E-state index is 9.62. The number of rotatable bonds is 9. The first kappa shape index (κ1) is 16.3. The lowest BCUT2D eigenvalue weighted by Crippen LogP contribution is -2.47. The first-order valence-corrected chi connectivity index (χ1v) is 8.72. The quantitative estimate of drug-likeness (QED) is 0.638. The minimum absolute atomic E-state index is 0.0536. The molecule has 0 bridgehead atoms. The molecule has 1 heterocycles. The second kappa shape index (κ2) is 7.24. The molecule has 1 aliphatic carbocycles. The average Bonchev–Trinajstić information content (AvgIpc) is 3.17. The highest BCUT2D eigenvalue weighted by Crippen LogP contribution is 2.27. The summed E-state index contributed by atoms with van der Waals surface area (Å²) in [4.78, 5) is 2.71. The van der Waals surface area contributed by atoms with E-state index < -0.39 is 0 Å². The fourth-order valence-electron chi connectivity index (χ4n) is 3.69. The molecule has 20 heavy (non-hydrogen) atoms. The summed E-state index contributed by atoms with van der Waals surface area (Å²) in [6, 6.07) is 2.27. The number of hydrogen-bond acceptors (Lipinski definition) is 3. The van der Waals surface area contributed by atoms with Crippen LogP contribution in [0.2, 0.25) is 0 Å². The van der Waals surface area contributed by atoms with Gasteiger partial charge in [-0.2, -0.15) is 0 Å². The third-order valence-electron chi connectivity index (χ3n) is 5.30. The Morgan fingerprint density at radius 1 is 1.20 bits per heavy atom. The van der Waals surface area contributed by atoms with E-state index in [1.807, 2.05) is 0 Å². The van der Waals surface area contributed by atoms with Gasteiger partial charge in [0.15, 0.2) is 0 Å². The maximum Gasteiger partial charge on any atom is 0.0610 e. The molecule has 0 aromatic carbocycles. The van der Waals surface area contributed by atoms with E-state index in [0.29, 0.717) is 6.04 Å². The van der Waals surface area contributed by atoms with Gasteiger partial charge in [-0.1, -0.05) is 13.3 Å².